The van der Waals surface area contributed by atoms with E-state index in [1.54, 1.807) is 12.1 Å². The van der Waals surface area contributed by atoms with Crippen molar-refractivity contribution < 1.29 is 4.39 Å². The molecule has 0 atom stereocenters. The van der Waals surface area contributed by atoms with E-state index in [1.807, 2.05) is 6.07 Å². The van der Waals surface area contributed by atoms with Crippen LogP contribution in [0.15, 0.2) is 23.2 Å². The lowest BCUT2D eigenvalue weighted by molar-refractivity contribution is 0.624. The zero-order chi connectivity index (χ0) is 7.84. The summed E-state index contributed by atoms with van der Waals surface area (Å²) >= 11 is 0. The normalized spacial score (nSPS) is 12.5. The molecule has 3 heteroatoms. The predicted octanol–water partition coefficient (Wildman–Crippen LogP) is 1.78. The summed E-state index contributed by atoms with van der Waals surface area (Å²) < 4.78 is 12.8. The Morgan fingerprint density at radius 2 is 2.27 bits per heavy atom. The highest BCUT2D eigenvalue weighted by Gasteiger charge is 2.21. The number of rotatable bonds is 0. The number of hydrogen-bond acceptors (Lipinski definition) is 2. The number of nitriles is 1. The van der Waals surface area contributed by atoms with E-state index in [0.717, 1.165) is 0 Å². The maximum atomic E-state index is 12.8. The number of benzene rings is 1. The van der Waals surface area contributed by atoms with Crippen LogP contribution in [-0.4, -0.2) is 5.71 Å². The van der Waals surface area contributed by atoms with Crippen LogP contribution in [0.25, 0.3) is 0 Å². The number of fused-ring (bicyclic) bond motifs is 1. The van der Waals surface area contributed by atoms with Gasteiger partial charge in [0.05, 0.1) is 11.3 Å². The summed E-state index contributed by atoms with van der Waals surface area (Å²) in [4.78, 5) is 3.78. The first kappa shape index (κ1) is 6.05. The van der Waals surface area contributed by atoms with Crippen LogP contribution < -0.4 is 0 Å². The minimum atomic E-state index is -0.367. The first-order valence-electron chi connectivity index (χ1n) is 3.10. The molecule has 0 N–H and O–H groups in total. The van der Waals surface area contributed by atoms with Gasteiger partial charge < -0.3 is 0 Å². The van der Waals surface area contributed by atoms with Crippen molar-refractivity contribution in [3.05, 3.63) is 29.6 Å². The van der Waals surface area contributed by atoms with Gasteiger partial charge in [-0.05, 0) is 12.1 Å². The van der Waals surface area contributed by atoms with E-state index in [4.69, 9.17) is 5.26 Å². The highest BCUT2D eigenvalue weighted by molar-refractivity contribution is 6.21. The molecule has 2 rings (SSSR count). The molecule has 1 aromatic carbocycles. The summed E-state index contributed by atoms with van der Waals surface area (Å²) in [7, 11) is 0. The quantitative estimate of drug-likeness (QED) is 0.549. The molecule has 11 heavy (non-hydrogen) atoms. The van der Waals surface area contributed by atoms with Gasteiger partial charge in [0.2, 0.25) is 0 Å². The lowest BCUT2D eigenvalue weighted by atomic mass is 10.0. The molecule has 0 unspecified atom stereocenters. The minimum absolute atomic E-state index is 0.193. The van der Waals surface area contributed by atoms with E-state index < -0.39 is 0 Å². The minimum Gasteiger partial charge on any atom is -0.236 e. The number of nitrogens with zero attached hydrogens (tertiary/aromatic N) is 2. The second-order valence-corrected chi connectivity index (χ2v) is 2.21. The first-order valence-corrected chi connectivity index (χ1v) is 3.10. The van der Waals surface area contributed by atoms with Gasteiger partial charge in [0, 0.05) is 0 Å². The monoisotopic (exact) mass is 146 g/mol. The van der Waals surface area contributed by atoms with Gasteiger partial charge in [-0.25, -0.2) is 9.38 Å². The Labute approximate surface area is 62.6 Å². The van der Waals surface area contributed by atoms with Crippen molar-refractivity contribution in [2.45, 2.75) is 0 Å². The highest BCUT2D eigenvalue weighted by Crippen LogP contribution is 2.30. The zero-order valence-electron chi connectivity index (χ0n) is 5.50. The fourth-order valence-corrected chi connectivity index (χ4v) is 1.04. The van der Waals surface area contributed by atoms with Crippen molar-refractivity contribution in [2.24, 2.45) is 4.99 Å². The molecule has 0 saturated heterocycles. The second kappa shape index (κ2) is 1.89. The topological polar surface area (TPSA) is 36.1 Å². The largest absolute Gasteiger partial charge is 0.236 e. The van der Waals surface area contributed by atoms with Crippen molar-refractivity contribution in [1.82, 2.24) is 0 Å². The fourth-order valence-electron chi connectivity index (χ4n) is 1.04. The van der Waals surface area contributed by atoms with Crippen LogP contribution >= 0.6 is 0 Å². The fraction of sp³-hybridized carbons (Fsp3) is 0. The smallest absolute Gasteiger partial charge is 0.153 e. The maximum absolute atomic E-state index is 12.8. The second-order valence-electron chi connectivity index (χ2n) is 2.21. The Balaban J connectivity index is 2.62. The van der Waals surface area contributed by atoms with Crippen molar-refractivity contribution in [1.29, 1.82) is 5.26 Å². The standard InChI is InChI=1S/C8H3FN2/c9-5-2-1-3-6-8(5)7(4-10)11-6/h1-3H. The van der Waals surface area contributed by atoms with Gasteiger partial charge in [0.25, 0.3) is 0 Å². The molecule has 0 aliphatic carbocycles. The molecule has 0 fully saturated rings. The molecule has 0 amide bonds. The molecule has 1 aliphatic heterocycles. The molecule has 1 heterocycles. The highest BCUT2D eigenvalue weighted by atomic mass is 19.1. The predicted molar refractivity (Wildman–Crippen MR) is 38.2 cm³/mol. The van der Waals surface area contributed by atoms with Gasteiger partial charge in [-0.3, -0.25) is 0 Å². The van der Waals surface area contributed by atoms with Crippen LogP contribution in [0, 0.1) is 17.1 Å². The summed E-state index contributed by atoms with van der Waals surface area (Å²) in [5, 5.41) is 8.41. The summed E-state index contributed by atoms with van der Waals surface area (Å²) in [6.07, 6.45) is 0. The van der Waals surface area contributed by atoms with E-state index in [0.29, 0.717) is 11.3 Å². The van der Waals surface area contributed by atoms with Crippen molar-refractivity contribution >= 4 is 11.4 Å². The molecule has 0 saturated carbocycles. The van der Waals surface area contributed by atoms with Crippen molar-refractivity contribution in [3.63, 3.8) is 0 Å². The van der Waals surface area contributed by atoms with E-state index in [2.05, 4.69) is 4.99 Å². The third-order valence-corrected chi connectivity index (χ3v) is 1.57. The molecule has 52 valence electrons. The molecule has 0 radical (unpaired) electrons. The van der Waals surface area contributed by atoms with E-state index in [9.17, 15) is 4.39 Å². The molecule has 0 aromatic heterocycles. The van der Waals surface area contributed by atoms with Crippen LogP contribution in [0.5, 0.6) is 0 Å². The summed E-state index contributed by atoms with van der Waals surface area (Å²) in [5.41, 5.74) is 1.12. The molecular weight excluding hydrogens is 143 g/mol. The molecule has 2 nitrogen and oxygen atoms in total. The van der Waals surface area contributed by atoms with Gasteiger partial charge in [0.1, 0.15) is 11.9 Å². The van der Waals surface area contributed by atoms with Gasteiger partial charge in [-0.2, -0.15) is 5.26 Å². The van der Waals surface area contributed by atoms with Crippen LogP contribution in [0.1, 0.15) is 5.56 Å². The van der Waals surface area contributed by atoms with Gasteiger partial charge in [0.15, 0.2) is 5.71 Å². The average molecular weight is 146 g/mol. The van der Waals surface area contributed by atoms with E-state index >= 15 is 0 Å². The Hall–Kier alpha value is -1.69. The Bertz CT molecular complexity index is 388. The summed E-state index contributed by atoms with van der Waals surface area (Å²) in [5.74, 6) is -0.367. The third kappa shape index (κ3) is 0.665. The molecule has 1 aromatic rings. The number of hydrogen-bond donors (Lipinski definition) is 0. The Kier molecular flexibility index (Phi) is 1.04. The van der Waals surface area contributed by atoms with Crippen LogP contribution in [-0.2, 0) is 0 Å². The lowest BCUT2D eigenvalue weighted by Crippen LogP contribution is -2.08. The molecular formula is C8H3FN2. The Morgan fingerprint density at radius 1 is 1.45 bits per heavy atom. The summed E-state index contributed by atoms with van der Waals surface area (Å²) in [6.45, 7) is 0. The molecule has 0 bridgehead atoms. The van der Waals surface area contributed by atoms with Crippen LogP contribution in [0.3, 0.4) is 0 Å². The van der Waals surface area contributed by atoms with Crippen LogP contribution in [0.4, 0.5) is 10.1 Å². The van der Waals surface area contributed by atoms with Crippen molar-refractivity contribution in [2.75, 3.05) is 0 Å². The number of aliphatic imine (C=N–C) groups is 1. The lowest BCUT2D eigenvalue weighted by Gasteiger charge is -2.12. The average Bonchev–Trinajstić information content (AvgIpc) is 1.93. The van der Waals surface area contributed by atoms with Crippen LogP contribution in [0.2, 0.25) is 0 Å². The maximum Gasteiger partial charge on any atom is 0.153 e. The Morgan fingerprint density at radius 3 is 2.91 bits per heavy atom. The third-order valence-electron chi connectivity index (χ3n) is 1.57. The van der Waals surface area contributed by atoms with Gasteiger partial charge in [-0.15, -0.1) is 0 Å². The number of halogens is 1. The first-order chi connectivity index (χ1) is 5.33. The molecule has 0 spiro atoms. The molecule has 1 aliphatic rings. The van der Waals surface area contributed by atoms with E-state index in [-0.39, 0.29) is 11.5 Å². The van der Waals surface area contributed by atoms with Gasteiger partial charge in [-0.1, -0.05) is 6.07 Å². The summed E-state index contributed by atoms with van der Waals surface area (Å²) in [6, 6.07) is 6.39. The van der Waals surface area contributed by atoms with Gasteiger partial charge >= 0.3 is 0 Å². The zero-order valence-corrected chi connectivity index (χ0v) is 5.50. The SMILES string of the molecule is N#CC1=Nc2cccc(F)c21. The van der Waals surface area contributed by atoms with Crippen molar-refractivity contribution in [3.8, 4) is 6.07 Å². The van der Waals surface area contributed by atoms with E-state index in [1.165, 1.54) is 6.07 Å².